The number of aromatic nitrogens is 1. The number of hydrogen-bond acceptors (Lipinski definition) is 5. The minimum Gasteiger partial charge on any atom is -0.468 e. The zero-order valence-electron chi connectivity index (χ0n) is 9.10. The van der Waals surface area contributed by atoms with E-state index in [0.29, 0.717) is 5.56 Å². The van der Waals surface area contributed by atoms with Crippen LogP contribution in [0, 0.1) is 0 Å². The van der Waals surface area contributed by atoms with Gasteiger partial charge < -0.3 is 15.4 Å². The van der Waals surface area contributed by atoms with Crippen LogP contribution in [0.3, 0.4) is 0 Å². The molecular weight excluding hydrogens is 194 g/mol. The molecule has 5 heteroatoms. The Balaban J connectivity index is 2.84. The summed E-state index contributed by atoms with van der Waals surface area (Å²) in [5.41, 5.74) is 6.29. The monoisotopic (exact) mass is 209 g/mol. The van der Waals surface area contributed by atoms with Crippen molar-refractivity contribution in [2.45, 2.75) is 6.04 Å². The number of rotatable bonds is 3. The van der Waals surface area contributed by atoms with Crippen molar-refractivity contribution in [2.75, 3.05) is 26.1 Å². The van der Waals surface area contributed by atoms with Gasteiger partial charge in [0.05, 0.1) is 7.11 Å². The van der Waals surface area contributed by atoms with E-state index >= 15 is 0 Å². The van der Waals surface area contributed by atoms with Gasteiger partial charge in [-0.3, -0.25) is 4.79 Å². The summed E-state index contributed by atoms with van der Waals surface area (Å²) in [6.07, 6.45) is 1.58. The Morgan fingerprint density at radius 1 is 1.53 bits per heavy atom. The molecule has 1 rings (SSSR count). The lowest BCUT2D eigenvalue weighted by Gasteiger charge is -2.13. The van der Waals surface area contributed by atoms with Crippen molar-refractivity contribution in [1.82, 2.24) is 4.98 Å². The van der Waals surface area contributed by atoms with Crippen molar-refractivity contribution in [1.29, 1.82) is 0 Å². The quantitative estimate of drug-likeness (QED) is 0.726. The average molecular weight is 209 g/mol. The first-order valence-electron chi connectivity index (χ1n) is 4.53. The first-order chi connectivity index (χ1) is 7.06. The fourth-order valence-electron chi connectivity index (χ4n) is 1.11. The molecular formula is C10H15N3O2. The Bertz CT molecular complexity index is 335. The first-order valence-corrected chi connectivity index (χ1v) is 4.53. The van der Waals surface area contributed by atoms with Gasteiger partial charge >= 0.3 is 5.97 Å². The Morgan fingerprint density at radius 3 is 2.60 bits per heavy atom. The topological polar surface area (TPSA) is 68.5 Å². The normalized spacial score (nSPS) is 12.0. The number of ether oxygens (including phenoxy) is 1. The van der Waals surface area contributed by atoms with Crippen molar-refractivity contribution in [2.24, 2.45) is 5.73 Å². The lowest BCUT2D eigenvalue weighted by molar-refractivity contribution is -0.142. The van der Waals surface area contributed by atoms with Gasteiger partial charge in [-0.2, -0.15) is 0 Å². The number of carbonyl (C=O) groups excluding carboxylic acids is 1. The summed E-state index contributed by atoms with van der Waals surface area (Å²) in [7, 11) is 5.09. The summed E-state index contributed by atoms with van der Waals surface area (Å²) < 4.78 is 4.54. The summed E-state index contributed by atoms with van der Waals surface area (Å²) in [5.74, 6) is 0.352. The van der Waals surface area contributed by atoms with Gasteiger partial charge in [-0.25, -0.2) is 4.98 Å². The molecule has 0 fully saturated rings. The highest BCUT2D eigenvalue weighted by molar-refractivity contribution is 5.77. The Hall–Kier alpha value is -1.62. The molecule has 0 bridgehead atoms. The minimum absolute atomic E-state index is 0.464. The molecule has 5 nitrogen and oxygen atoms in total. The van der Waals surface area contributed by atoms with E-state index in [0.717, 1.165) is 5.82 Å². The third kappa shape index (κ3) is 2.66. The van der Waals surface area contributed by atoms with Crippen molar-refractivity contribution >= 4 is 11.8 Å². The molecule has 0 spiro atoms. The van der Waals surface area contributed by atoms with E-state index in [1.165, 1.54) is 7.11 Å². The Kier molecular flexibility index (Phi) is 3.62. The summed E-state index contributed by atoms with van der Waals surface area (Å²) >= 11 is 0. The molecule has 1 heterocycles. The highest BCUT2D eigenvalue weighted by Gasteiger charge is 2.16. The molecule has 0 amide bonds. The molecule has 15 heavy (non-hydrogen) atoms. The van der Waals surface area contributed by atoms with E-state index in [-0.39, 0.29) is 0 Å². The van der Waals surface area contributed by atoms with Crippen LogP contribution in [0.15, 0.2) is 18.3 Å². The molecule has 0 aromatic carbocycles. The Morgan fingerprint density at radius 2 is 2.20 bits per heavy atom. The zero-order valence-corrected chi connectivity index (χ0v) is 9.10. The number of methoxy groups -OCH3 is 1. The summed E-state index contributed by atoms with van der Waals surface area (Å²) in [5, 5.41) is 0. The van der Waals surface area contributed by atoms with Crippen molar-refractivity contribution in [3.8, 4) is 0 Å². The van der Waals surface area contributed by atoms with Gasteiger partial charge in [0.1, 0.15) is 11.9 Å². The standard InChI is InChI=1S/C10H15N3O2/c1-13(2)8-5-4-7(6-12-8)9(11)10(14)15-3/h4-6,9H,11H2,1-3H3. The van der Waals surface area contributed by atoms with E-state index in [2.05, 4.69) is 9.72 Å². The number of nitrogens with zero attached hydrogens (tertiary/aromatic N) is 2. The lowest BCUT2D eigenvalue weighted by atomic mass is 10.1. The molecule has 1 aromatic rings. The first kappa shape index (κ1) is 11.5. The van der Waals surface area contributed by atoms with Crippen LogP contribution in [0.2, 0.25) is 0 Å². The van der Waals surface area contributed by atoms with Crippen LogP contribution in [0.5, 0.6) is 0 Å². The second-order valence-electron chi connectivity index (χ2n) is 3.34. The SMILES string of the molecule is COC(=O)C(N)c1ccc(N(C)C)nc1. The van der Waals surface area contributed by atoms with E-state index < -0.39 is 12.0 Å². The van der Waals surface area contributed by atoms with Crippen LogP contribution < -0.4 is 10.6 Å². The highest BCUT2D eigenvalue weighted by atomic mass is 16.5. The van der Waals surface area contributed by atoms with Crippen molar-refractivity contribution < 1.29 is 9.53 Å². The predicted octanol–water partition coefficient (Wildman–Crippen LogP) is 0.320. The summed E-state index contributed by atoms with van der Waals surface area (Å²) in [6, 6.07) is 2.81. The number of esters is 1. The van der Waals surface area contributed by atoms with Gasteiger partial charge in [-0.1, -0.05) is 6.07 Å². The van der Waals surface area contributed by atoms with E-state index in [4.69, 9.17) is 5.73 Å². The van der Waals surface area contributed by atoms with Crippen LogP contribution in [0.25, 0.3) is 0 Å². The second-order valence-corrected chi connectivity index (χ2v) is 3.34. The fraction of sp³-hybridized carbons (Fsp3) is 0.400. The van der Waals surface area contributed by atoms with Gasteiger partial charge in [-0.15, -0.1) is 0 Å². The van der Waals surface area contributed by atoms with E-state index in [9.17, 15) is 4.79 Å². The number of hydrogen-bond donors (Lipinski definition) is 1. The highest BCUT2D eigenvalue weighted by Crippen LogP contribution is 2.13. The maximum absolute atomic E-state index is 11.1. The predicted molar refractivity (Wildman–Crippen MR) is 57.5 cm³/mol. The van der Waals surface area contributed by atoms with Crippen molar-refractivity contribution in [3.63, 3.8) is 0 Å². The molecule has 0 aliphatic heterocycles. The van der Waals surface area contributed by atoms with Crippen LogP contribution in [-0.4, -0.2) is 32.2 Å². The van der Waals surface area contributed by atoms with Crippen LogP contribution in [-0.2, 0) is 9.53 Å². The minimum atomic E-state index is -0.765. The van der Waals surface area contributed by atoms with Crippen LogP contribution >= 0.6 is 0 Å². The lowest BCUT2D eigenvalue weighted by Crippen LogP contribution is -2.23. The molecule has 0 saturated heterocycles. The van der Waals surface area contributed by atoms with Crippen molar-refractivity contribution in [3.05, 3.63) is 23.9 Å². The Labute approximate surface area is 88.9 Å². The summed E-state index contributed by atoms with van der Waals surface area (Å²) in [6.45, 7) is 0. The molecule has 82 valence electrons. The number of anilines is 1. The zero-order chi connectivity index (χ0) is 11.4. The van der Waals surface area contributed by atoms with E-state index in [1.54, 1.807) is 18.3 Å². The second kappa shape index (κ2) is 4.75. The third-order valence-corrected chi connectivity index (χ3v) is 2.04. The van der Waals surface area contributed by atoms with Gasteiger partial charge in [0.2, 0.25) is 0 Å². The number of nitrogens with two attached hydrogens (primary N) is 1. The molecule has 1 atom stereocenters. The van der Waals surface area contributed by atoms with Gasteiger partial charge in [0.15, 0.2) is 0 Å². The maximum atomic E-state index is 11.1. The third-order valence-electron chi connectivity index (χ3n) is 2.04. The van der Waals surface area contributed by atoms with Gasteiger partial charge in [0, 0.05) is 20.3 Å². The smallest absolute Gasteiger partial charge is 0.327 e. The molecule has 0 saturated carbocycles. The molecule has 1 aromatic heterocycles. The van der Waals surface area contributed by atoms with Crippen LogP contribution in [0.4, 0.5) is 5.82 Å². The van der Waals surface area contributed by atoms with Gasteiger partial charge in [-0.05, 0) is 11.6 Å². The van der Waals surface area contributed by atoms with E-state index in [1.807, 2.05) is 19.0 Å². The molecule has 2 N–H and O–H groups in total. The summed E-state index contributed by atoms with van der Waals surface area (Å²) in [4.78, 5) is 17.2. The average Bonchev–Trinajstić information content (AvgIpc) is 2.27. The number of pyridine rings is 1. The maximum Gasteiger partial charge on any atom is 0.327 e. The fourth-order valence-corrected chi connectivity index (χ4v) is 1.11. The molecule has 1 unspecified atom stereocenters. The molecule has 0 radical (unpaired) electrons. The van der Waals surface area contributed by atoms with Gasteiger partial charge in [0.25, 0.3) is 0 Å². The number of carbonyl (C=O) groups is 1. The molecule has 0 aliphatic carbocycles. The molecule has 0 aliphatic rings. The largest absolute Gasteiger partial charge is 0.468 e. The van der Waals surface area contributed by atoms with Crippen LogP contribution in [0.1, 0.15) is 11.6 Å².